The summed E-state index contributed by atoms with van der Waals surface area (Å²) in [5, 5.41) is 15.2. The van der Waals surface area contributed by atoms with Gasteiger partial charge in [0, 0.05) is 13.2 Å². The van der Waals surface area contributed by atoms with Crippen LogP contribution in [0.15, 0.2) is 18.9 Å². The summed E-state index contributed by atoms with van der Waals surface area (Å²) in [5.74, 6) is -1.09. The molecule has 1 heterocycles. The molecule has 1 aromatic heterocycles. The highest BCUT2D eigenvalue weighted by Gasteiger charge is 2.15. The average Bonchev–Trinajstić information content (AvgIpc) is 2.65. The largest absolute Gasteiger partial charge is 0.478 e. The van der Waals surface area contributed by atoms with Crippen molar-refractivity contribution in [3.8, 4) is 0 Å². The first-order valence-electron chi connectivity index (χ1n) is 4.82. The third-order valence-electron chi connectivity index (χ3n) is 1.87. The second kappa shape index (κ2) is 5.69. The Kier molecular flexibility index (Phi) is 4.27. The van der Waals surface area contributed by atoms with Gasteiger partial charge in [0.25, 0.3) is 0 Å². The number of hydrogen-bond donors (Lipinski definition) is 2. The van der Waals surface area contributed by atoms with Gasteiger partial charge in [0.1, 0.15) is 12.2 Å². The molecule has 7 nitrogen and oxygen atoms in total. The van der Waals surface area contributed by atoms with Crippen LogP contribution in [0.1, 0.15) is 16.1 Å². The van der Waals surface area contributed by atoms with Crippen molar-refractivity contribution in [2.75, 3.05) is 6.61 Å². The molecule has 0 saturated carbocycles. The molecule has 0 aliphatic heterocycles. The van der Waals surface area contributed by atoms with E-state index >= 15 is 0 Å². The van der Waals surface area contributed by atoms with Gasteiger partial charge in [-0.3, -0.25) is 4.68 Å². The highest BCUT2D eigenvalue weighted by Crippen LogP contribution is 2.05. The highest BCUT2D eigenvalue weighted by molar-refractivity contribution is 5.88. The van der Waals surface area contributed by atoms with Crippen LogP contribution in [0.4, 0.5) is 4.79 Å². The van der Waals surface area contributed by atoms with E-state index in [4.69, 9.17) is 5.11 Å². The zero-order chi connectivity index (χ0) is 12.8. The molecule has 1 aromatic rings. The summed E-state index contributed by atoms with van der Waals surface area (Å²) in [7, 11) is 1.60. The first-order valence-corrected chi connectivity index (χ1v) is 4.82. The van der Waals surface area contributed by atoms with Crippen molar-refractivity contribution in [3.63, 3.8) is 0 Å². The predicted molar refractivity (Wildman–Crippen MR) is 58.6 cm³/mol. The standard InChI is InChI=1S/C10H13N3O4/c1-3-4-17-10(16)11-5-8-7(9(14)15)6-13(2)12-8/h3,6H,1,4-5H2,2H3,(H,11,16)(H,14,15). The van der Waals surface area contributed by atoms with Crippen LogP contribution in [-0.4, -0.2) is 33.6 Å². The van der Waals surface area contributed by atoms with Gasteiger partial charge < -0.3 is 15.2 Å². The number of carbonyl (C=O) groups is 2. The lowest BCUT2D eigenvalue weighted by Gasteiger charge is -2.03. The molecule has 17 heavy (non-hydrogen) atoms. The summed E-state index contributed by atoms with van der Waals surface area (Å²) in [4.78, 5) is 21.9. The lowest BCUT2D eigenvalue weighted by Crippen LogP contribution is -2.24. The van der Waals surface area contributed by atoms with Gasteiger partial charge in [-0.05, 0) is 0 Å². The lowest BCUT2D eigenvalue weighted by molar-refractivity contribution is 0.0695. The number of alkyl carbamates (subject to hydrolysis) is 1. The number of hydrogen-bond acceptors (Lipinski definition) is 4. The minimum absolute atomic E-state index is 0.00154. The molecule has 0 unspecified atom stereocenters. The molecule has 0 radical (unpaired) electrons. The van der Waals surface area contributed by atoms with Gasteiger partial charge in [0.2, 0.25) is 0 Å². The number of rotatable bonds is 5. The van der Waals surface area contributed by atoms with Crippen LogP contribution < -0.4 is 5.32 Å². The monoisotopic (exact) mass is 239 g/mol. The third kappa shape index (κ3) is 3.63. The first-order chi connectivity index (χ1) is 8.04. The maximum Gasteiger partial charge on any atom is 0.407 e. The van der Waals surface area contributed by atoms with Gasteiger partial charge in [0.15, 0.2) is 0 Å². The molecule has 0 atom stereocenters. The quantitative estimate of drug-likeness (QED) is 0.731. The van der Waals surface area contributed by atoms with Crippen LogP contribution >= 0.6 is 0 Å². The summed E-state index contributed by atoms with van der Waals surface area (Å²) in [6.45, 7) is 3.49. The SMILES string of the molecule is C=CCOC(=O)NCc1nn(C)cc1C(=O)O. The topological polar surface area (TPSA) is 93.5 Å². The number of nitrogens with zero attached hydrogens (tertiary/aromatic N) is 2. The van der Waals surface area contributed by atoms with E-state index in [1.165, 1.54) is 17.0 Å². The van der Waals surface area contributed by atoms with Crippen LogP contribution in [0.2, 0.25) is 0 Å². The third-order valence-corrected chi connectivity index (χ3v) is 1.87. The summed E-state index contributed by atoms with van der Waals surface area (Å²) in [6.07, 6.45) is 2.16. The Balaban J connectivity index is 2.59. The molecule has 1 amide bonds. The summed E-state index contributed by atoms with van der Waals surface area (Å²) in [5.41, 5.74) is 0.326. The number of aromatic nitrogens is 2. The number of aromatic carboxylic acids is 1. The molecule has 0 aliphatic carbocycles. The molecule has 0 aliphatic rings. The zero-order valence-electron chi connectivity index (χ0n) is 9.34. The van der Waals surface area contributed by atoms with Gasteiger partial charge in [-0.15, -0.1) is 0 Å². The maximum atomic E-state index is 11.1. The number of carboxylic acid groups (broad SMARTS) is 1. The van der Waals surface area contributed by atoms with Crippen molar-refractivity contribution < 1.29 is 19.4 Å². The second-order valence-corrected chi connectivity index (χ2v) is 3.21. The van der Waals surface area contributed by atoms with Gasteiger partial charge >= 0.3 is 12.1 Å². The molecule has 92 valence electrons. The van der Waals surface area contributed by atoms with Crippen LogP contribution in [0.5, 0.6) is 0 Å². The Morgan fingerprint density at radius 3 is 3.00 bits per heavy atom. The summed E-state index contributed by atoms with van der Waals surface area (Å²) < 4.78 is 6.04. The van der Waals surface area contributed by atoms with Crippen molar-refractivity contribution in [2.24, 2.45) is 7.05 Å². The van der Waals surface area contributed by atoms with Crippen LogP contribution in [0, 0.1) is 0 Å². The zero-order valence-corrected chi connectivity index (χ0v) is 9.34. The minimum atomic E-state index is -1.09. The molecule has 0 spiro atoms. The maximum absolute atomic E-state index is 11.1. The normalized spacial score (nSPS) is 9.71. The summed E-state index contributed by atoms with van der Waals surface area (Å²) >= 11 is 0. The fourth-order valence-corrected chi connectivity index (χ4v) is 1.19. The van der Waals surface area contributed by atoms with E-state index in [-0.39, 0.29) is 24.4 Å². The molecular weight excluding hydrogens is 226 g/mol. The Bertz CT molecular complexity index is 439. The Morgan fingerprint density at radius 1 is 1.71 bits per heavy atom. The number of amides is 1. The number of ether oxygens (including phenoxy) is 1. The predicted octanol–water partition coefficient (Wildman–Crippen LogP) is 0.530. The van der Waals surface area contributed by atoms with Crippen LogP contribution in [0.25, 0.3) is 0 Å². The van der Waals surface area contributed by atoms with Crippen LogP contribution in [0.3, 0.4) is 0 Å². The molecule has 0 saturated heterocycles. The number of aryl methyl sites for hydroxylation is 1. The molecule has 0 fully saturated rings. The Labute approximate surface area is 97.7 Å². The summed E-state index contributed by atoms with van der Waals surface area (Å²) in [6, 6.07) is 0. The van der Waals surface area contributed by atoms with E-state index in [1.54, 1.807) is 7.05 Å². The van der Waals surface area contributed by atoms with Crippen molar-refractivity contribution in [1.82, 2.24) is 15.1 Å². The number of nitrogens with one attached hydrogen (secondary N) is 1. The Morgan fingerprint density at radius 2 is 2.41 bits per heavy atom. The van der Waals surface area contributed by atoms with Crippen molar-refractivity contribution in [1.29, 1.82) is 0 Å². The van der Waals surface area contributed by atoms with Crippen molar-refractivity contribution >= 4 is 12.1 Å². The molecule has 0 bridgehead atoms. The minimum Gasteiger partial charge on any atom is -0.478 e. The first kappa shape index (κ1) is 12.8. The molecular formula is C10H13N3O4. The van der Waals surface area contributed by atoms with E-state index in [2.05, 4.69) is 21.7 Å². The van der Waals surface area contributed by atoms with E-state index in [0.29, 0.717) is 0 Å². The lowest BCUT2D eigenvalue weighted by atomic mass is 10.2. The highest BCUT2D eigenvalue weighted by atomic mass is 16.5. The van der Waals surface area contributed by atoms with Gasteiger partial charge in [-0.1, -0.05) is 12.7 Å². The Hall–Kier alpha value is -2.31. The molecule has 1 rings (SSSR count). The fraction of sp³-hybridized carbons (Fsp3) is 0.300. The molecule has 2 N–H and O–H groups in total. The smallest absolute Gasteiger partial charge is 0.407 e. The van der Waals surface area contributed by atoms with Crippen molar-refractivity contribution in [2.45, 2.75) is 6.54 Å². The van der Waals surface area contributed by atoms with Gasteiger partial charge in [0.05, 0.1) is 12.2 Å². The van der Waals surface area contributed by atoms with Crippen molar-refractivity contribution in [3.05, 3.63) is 30.1 Å². The fourth-order valence-electron chi connectivity index (χ4n) is 1.19. The van der Waals surface area contributed by atoms with E-state index in [9.17, 15) is 9.59 Å². The van der Waals surface area contributed by atoms with E-state index < -0.39 is 12.1 Å². The molecule has 0 aromatic carbocycles. The molecule has 7 heteroatoms. The van der Waals surface area contributed by atoms with Gasteiger partial charge in [-0.25, -0.2) is 9.59 Å². The average molecular weight is 239 g/mol. The van der Waals surface area contributed by atoms with Gasteiger partial charge in [-0.2, -0.15) is 5.10 Å². The number of carbonyl (C=O) groups excluding carboxylic acids is 1. The van der Waals surface area contributed by atoms with E-state index in [1.807, 2.05) is 0 Å². The number of carboxylic acids is 1. The van der Waals surface area contributed by atoms with E-state index in [0.717, 1.165) is 0 Å². The van der Waals surface area contributed by atoms with Crippen LogP contribution in [-0.2, 0) is 18.3 Å². The second-order valence-electron chi connectivity index (χ2n) is 3.21.